The Morgan fingerprint density at radius 3 is 2.92 bits per heavy atom. The van der Waals surface area contributed by atoms with Crippen molar-refractivity contribution in [3.05, 3.63) is 0 Å². The Bertz CT molecular complexity index is 251. The number of amides is 1. The Morgan fingerprint density at radius 1 is 1.46 bits per heavy atom. The van der Waals surface area contributed by atoms with E-state index in [0.717, 1.165) is 6.42 Å². The van der Waals surface area contributed by atoms with Crippen LogP contribution in [-0.2, 0) is 14.3 Å². The molecule has 0 spiro atoms. The highest BCUT2D eigenvalue weighted by Gasteiger charge is 2.40. The third-order valence-corrected chi connectivity index (χ3v) is 2.84. The van der Waals surface area contributed by atoms with Crippen molar-refractivity contribution in [3.63, 3.8) is 0 Å². The van der Waals surface area contributed by atoms with Crippen LogP contribution in [0.1, 0.15) is 19.3 Å². The van der Waals surface area contributed by atoms with Gasteiger partial charge in [0.1, 0.15) is 5.78 Å². The average molecular weight is 183 g/mol. The van der Waals surface area contributed by atoms with Gasteiger partial charge in [-0.25, -0.2) is 0 Å². The number of fused-ring (bicyclic) bond motifs is 1. The first-order valence-electron chi connectivity index (χ1n) is 4.54. The first-order chi connectivity index (χ1) is 6.20. The number of nitrogens with zero attached hydrogens (tertiary/aromatic N) is 1. The molecule has 0 N–H and O–H groups in total. The van der Waals surface area contributed by atoms with Crippen molar-refractivity contribution in [2.75, 3.05) is 13.7 Å². The van der Waals surface area contributed by atoms with Crippen LogP contribution in [0.25, 0.3) is 0 Å². The van der Waals surface area contributed by atoms with E-state index in [1.165, 1.54) is 0 Å². The normalized spacial score (nSPS) is 33.8. The predicted octanol–water partition coefficient (Wildman–Crippen LogP) is -0.0348. The van der Waals surface area contributed by atoms with E-state index in [9.17, 15) is 9.59 Å². The van der Waals surface area contributed by atoms with E-state index >= 15 is 0 Å². The first kappa shape index (κ1) is 8.69. The Balaban J connectivity index is 2.09. The van der Waals surface area contributed by atoms with Gasteiger partial charge in [-0.15, -0.1) is 0 Å². The van der Waals surface area contributed by atoms with Gasteiger partial charge in [-0.05, 0) is 6.42 Å². The first-order valence-corrected chi connectivity index (χ1v) is 4.54. The quantitative estimate of drug-likeness (QED) is 0.536. The van der Waals surface area contributed by atoms with Crippen molar-refractivity contribution in [2.24, 2.45) is 0 Å². The number of Topliss-reactive ketones (excluding diaryl/α,β-unsaturated/α-hetero) is 1. The molecule has 0 saturated carbocycles. The van der Waals surface area contributed by atoms with Gasteiger partial charge < -0.3 is 9.64 Å². The Labute approximate surface area is 76.8 Å². The number of hydrogen-bond donors (Lipinski definition) is 0. The van der Waals surface area contributed by atoms with Crippen LogP contribution < -0.4 is 0 Å². The van der Waals surface area contributed by atoms with E-state index in [0.29, 0.717) is 13.0 Å². The summed E-state index contributed by atoms with van der Waals surface area (Å²) >= 11 is 0. The molecule has 0 aliphatic carbocycles. The number of ketones is 1. The lowest BCUT2D eigenvalue weighted by atomic mass is 10.0. The Kier molecular flexibility index (Phi) is 2.07. The van der Waals surface area contributed by atoms with Gasteiger partial charge in [-0.1, -0.05) is 0 Å². The van der Waals surface area contributed by atoms with Crippen molar-refractivity contribution in [1.82, 2.24) is 4.90 Å². The molecule has 72 valence electrons. The van der Waals surface area contributed by atoms with Gasteiger partial charge in [0.2, 0.25) is 5.91 Å². The fourth-order valence-corrected chi connectivity index (χ4v) is 2.15. The van der Waals surface area contributed by atoms with Crippen LogP contribution in [0.4, 0.5) is 0 Å². The molecular weight excluding hydrogens is 170 g/mol. The van der Waals surface area contributed by atoms with E-state index in [-0.39, 0.29) is 30.3 Å². The van der Waals surface area contributed by atoms with Crippen molar-refractivity contribution in [2.45, 2.75) is 31.4 Å². The third kappa shape index (κ3) is 1.46. The number of carbonyl (C=O) groups is 2. The lowest BCUT2D eigenvalue weighted by Crippen LogP contribution is -2.42. The van der Waals surface area contributed by atoms with Gasteiger partial charge in [-0.3, -0.25) is 9.59 Å². The fourth-order valence-electron chi connectivity index (χ4n) is 2.15. The predicted molar refractivity (Wildman–Crippen MR) is 45.2 cm³/mol. The van der Waals surface area contributed by atoms with Crippen LogP contribution in [0.15, 0.2) is 0 Å². The van der Waals surface area contributed by atoms with E-state index in [1.807, 2.05) is 0 Å². The fraction of sp³-hybridized carbons (Fsp3) is 0.778. The van der Waals surface area contributed by atoms with E-state index in [2.05, 4.69) is 0 Å². The van der Waals surface area contributed by atoms with Crippen LogP contribution in [0, 0.1) is 0 Å². The molecule has 4 heteroatoms. The Hall–Kier alpha value is -0.900. The van der Waals surface area contributed by atoms with Crippen molar-refractivity contribution >= 4 is 11.7 Å². The molecule has 0 radical (unpaired) electrons. The van der Waals surface area contributed by atoms with Crippen LogP contribution in [-0.4, -0.2) is 42.4 Å². The SMILES string of the molecule is CO[C@H]1C[C@@H]2CC(=O)CC(=O)N2C1. The summed E-state index contributed by atoms with van der Waals surface area (Å²) in [7, 11) is 1.65. The molecule has 0 unspecified atom stereocenters. The van der Waals surface area contributed by atoms with Gasteiger partial charge >= 0.3 is 0 Å². The molecule has 2 heterocycles. The zero-order valence-electron chi connectivity index (χ0n) is 7.66. The molecule has 2 saturated heterocycles. The average Bonchev–Trinajstić information content (AvgIpc) is 2.47. The summed E-state index contributed by atoms with van der Waals surface area (Å²) in [5, 5.41) is 0. The van der Waals surface area contributed by atoms with Gasteiger partial charge in [-0.2, -0.15) is 0 Å². The summed E-state index contributed by atoms with van der Waals surface area (Å²) in [6.07, 6.45) is 1.55. The van der Waals surface area contributed by atoms with Crippen molar-refractivity contribution < 1.29 is 14.3 Å². The summed E-state index contributed by atoms with van der Waals surface area (Å²) in [4.78, 5) is 24.3. The summed E-state index contributed by atoms with van der Waals surface area (Å²) in [5.74, 6) is 0.0452. The largest absolute Gasteiger partial charge is 0.380 e. The zero-order chi connectivity index (χ0) is 9.42. The van der Waals surface area contributed by atoms with Gasteiger partial charge in [0, 0.05) is 26.1 Å². The molecule has 1 amide bonds. The summed E-state index contributed by atoms with van der Waals surface area (Å²) in [6, 6.07) is 0.110. The summed E-state index contributed by atoms with van der Waals surface area (Å²) in [5.41, 5.74) is 0. The molecule has 2 rings (SSSR count). The minimum Gasteiger partial charge on any atom is -0.380 e. The second-order valence-corrected chi connectivity index (χ2v) is 3.71. The van der Waals surface area contributed by atoms with Crippen LogP contribution in [0.3, 0.4) is 0 Å². The highest BCUT2D eigenvalue weighted by molar-refractivity contribution is 6.00. The molecule has 0 aromatic rings. The Morgan fingerprint density at radius 2 is 2.23 bits per heavy atom. The molecular formula is C9H13NO3. The number of carbonyl (C=O) groups excluding carboxylic acids is 2. The van der Waals surface area contributed by atoms with E-state index < -0.39 is 0 Å². The number of methoxy groups -OCH3 is 1. The van der Waals surface area contributed by atoms with Crippen LogP contribution >= 0.6 is 0 Å². The van der Waals surface area contributed by atoms with E-state index in [1.54, 1.807) is 12.0 Å². The molecule has 2 atom stereocenters. The molecule has 2 aliphatic heterocycles. The molecule has 0 bridgehead atoms. The molecule has 4 nitrogen and oxygen atoms in total. The highest BCUT2D eigenvalue weighted by atomic mass is 16.5. The van der Waals surface area contributed by atoms with Crippen LogP contribution in [0.5, 0.6) is 0 Å². The number of piperidine rings is 1. The number of hydrogen-bond acceptors (Lipinski definition) is 3. The number of rotatable bonds is 1. The second-order valence-electron chi connectivity index (χ2n) is 3.71. The van der Waals surface area contributed by atoms with Gasteiger partial charge in [0.15, 0.2) is 0 Å². The molecule has 0 aromatic heterocycles. The summed E-state index contributed by atoms with van der Waals surface area (Å²) < 4.78 is 5.18. The van der Waals surface area contributed by atoms with Crippen molar-refractivity contribution in [3.8, 4) is 0 Å². The topological polar surface area (TPSA) is 46.6 Å². The van der Waals surface area contributed by atoms with Crippen LogP contribution in [0.2, 0.25) is 0 Å². The maximum absolute atomic E-state index is 11.4. The zero-order valence-corrected chi connectivity index (χ0v) is 7.66. The molecule has 2 fully saturated rings. The lowest BCUT2D eigenvalue weighted by Gasteiger charge is -2.27. The second kappa shape index (κ2) is 3.10. The molecule has 0 aromatic carbocycles. The maximum atomic E-state index is 11.4. The summed E-state index contributed by atoms with van der Waals surface area (Å²) in [6.45, 7) is 0.660. The lowest BCUT2D eigenvalue weighted by molar-refractivity contribution is -0.141. The van der Waals surface area contributed by atoms with E-state index in [4.69, 9.17) is 4.74 Å². The maximum Gasteiger partial charge on any atom is 0.230 e. The minimum atomic E-state index is -0.0270. The standard InChI is InChI=1S/C9H13NO3/c1-13-8-3-6-2-7(11)4-9(12)10(6)5-8/h6,8H,2-5H2,1H3/t6-,8-/m0/s1. The van der Waals surface area contributed by atoms with Crippen molar-refractivity contribution in [1.29, 1.82) is 0 Å². The highest BCUT2D eigenvalue weighted by Crippen LogP contribution is 2.27. The monoisotopic (exact) mass is 183 g/mol. The van der Waals surface area contributed by atoms with Gasteiger partial charge in [0.25, 0.3) is 0 Å². The molecule has 2 aliphatic rings. The van der Waals surface area contributed by atoms with Gasteiger partial charge in [0.05, 0.1) is 12.5 Å². The molecule has 13 heavy (non-hydrogen) atoms. The smallest absolute Gasteiger partial charge is 0.230 e. The minimum absolute atomic E-state index is 0.0270. The number of ether oxygens (including phenoxy) is 1. The third-order valence-electron chi connectivity index (χ3n) is 2.84.